The van der Waals surface area contributed by atoms with Gasteiger partial charge < -0.3 is 14.8 Å². The number of hydrogen-bond donors (Lipinski definition) is 1. The number of nitrogens with zero attached hydrogens (tertiary/aromatic N) is 4. The van der Waals surface area contributed by atoms with Gasteiger partial charge in [0, 0.05) is 60.9 Å². The number of hydrogen-bond acceptors (Lipinski definition) is 8. The van der Waals surface area contributed by atoms with Gasteiger partial charge in [-0.05, 0) is 43.5 Å². The second-order valence-corrected chi connectivity index (χ2v) is 10.5. The van der Waals surface area contributed by atoms with Crippen LogP contribution in [-0.2, 0) is 6.54 Å². The van der Waals surface area contributed by atoms with E-state index in [0.29, 0.717) is 0 Å². The molecule has 34 heavy (non-hydrogen) atoms. The van der Waals surface area contributed by atoms with Crippen LogP contribution in [0.4, 0.5) is 11.5 Å². The van der Waals surface area contributed by atoms with Crippen molar-refractivity contribution in [1.82, 2.24) is 19.8 Å². The first-order chi connectivity index (χ1) is 16.7. The van der Waals surface area contributed by atoms with E-state index in [2.05, 4.69) is 52.0 Å². The fourth-order valence-corrected chi connectivity index (χ4v) is 6.14. The molecule has 4 heterocycles. The molecule has 178 valence electrons. The number of thioether (sulfide) groups is 1. The maximum Gasteiger partial charge on any atom is 0.231 e. The fraction of sp³-hybridized carbons (Fsp3) is 0.462. The Hall–Kier alpha value is -2.55. The van der Waals surface area contributed by atoms with E-state index in [1.54, 1.807) is 0 Å². The number of fused-ring (bicyclic) bond motifs is 2. The molecule has 7 nitrogen and oxygen atoms in total. The molecular formula is C26H31N5O2S. The Labute approximate surface area is 204 Å². The van der Waals surface area contributed by atoms with Crippen molar-refractivity contribution >= 4 is 34.2 Å². The van der Waals surface area contributed by atoms with Gasteiger partial charge in [0.25, 0.3) is 0 Å². The SMILES string of the molecule is Cc1cccc2c(Nc3ccc4c(c3)OCO4)nc(CN3CCC(N4CCSCC4)CC3)nc12. The minimum Gasteiger partial charge on any atom is -0.454 e. The third-order valence-electron chi connectivity index (χ3n) is 7.09. The zero-order valence-electron chi connectivity index (χ0n) is 19.6. The van der Waals surface area contributed by atoms with E-state index in [0.717, 1.165) is 71.0 Å². The Bertz CT molecular complexity index is 1180. The van der Waals surface area contributed by atoms with Gasteiger partial charge >= 0.3 is 0 Å². The fourth-order valence-electron chi connectivity index (χ4n) is 5.20. The number of benzene rings is 2. The van der Waals surface area contributed by atoms with E-state index in [9.17, 15) is 0 Å². The molecule has 0 aliphatic carbocycles. The van der Waals surface area contributed by atoms with E-state index < -0.39 is 0 Å². The molecule has 0 amide bonds. The second kappa shape index (κ2) is 9.60. The summed E-state index contributed by atoms with van der Waals surface area (Å²) >= 11 is 2.09. The van der Waals surface area contributed by atoms with Crippen LogP contribution in [0.3, 0.4) is 0 Å². The highest BCUT2D eigenvalue weighted by Gasteiger charge is 2.26. The summed E-state index contributed by atoms with van der Waals surface area (Å²) in [5, 5.41) is 4.55. The van der Waals surface area contributed by atoms with Crippen molar-refractivity contribution in [3.8, 4) is 11.5 Å². The van der Waals surface area contributed by atoms with Gasteiger partial charge in [-0.15, -0.1) is 0 Å². The molecule has 6 rings (SSSR count). The number of likely N-dealkylation sites (tertiary alicyclic amines) is 1. The van der Waals surface area contributed by atoms with E-state index in [1.165, 1.54) is 37.4 Å². The maximum absolute atomic E-state index is 5.55. The Morgan fingerprint density at radius 3 is 2.68 bits per heavy atom. The van der Waals surface area contributed by atoms with Crippen molar-refractivity contribution in [2.75, 3.05) is 49.8 Å². The highest BCUT2D eigenvalue weighted by atomic mass is 32.2. The molecule has 0 saturated carbocycles. The summed E-state index contributed by atoms with van der Waals surface area (Å²) < 4.78 is 11.0. The predicted octanol–water partition coefficient (Wildman–Crippen LogP) is 4.42. The van der Waals surface area contributed by atoms with Crippen molar-refractivity contribution in [3.05, 3.63) is 47.8 Å². The average molecular weight is 478 g/mol. The number of aromatic nitrogens is 2. The largest absolute Gasteiger partial charge is 0.454 e. The molecule has 0 radical (unpaired) electrons. The monoisotopic (exact) mass is 477 g/mol. The summed E-state index contributed by atoms with van der Waals surface area (Å²) in [5.41, 5.74) is 3.10. The van der Waals surface area contributed by atoms with Crippen LogP contribution < -0.4 is 14.8 Å². The van der Waals surface area contributed by atoms with Crippen molar-refractivity contribution in [2.45, 2.75) is 32.4 Å². The van der Waals surface area contributed by atoms with Gasteiger partial charge in [0.1, 0.15) is 11.6 Å². The van der Waals surface area contributed by atoms with Gasteiger partial charge in [0.05, 0.1) is 12.1 Å². The van der Waals surface area contributed by atoms with Gasteiger partial charge in [-0.25, -0.2) is 9.97 Å². The first kappa shape index (κ1) is 21.9. The van der Waals surface area contributed by atoms with Crippen LogP contribution in [0.15, 0.2) is 36.4 Å². The molecule has 8 heteroatoms. The quantitative estimate of drug-likeness (QED) is 0.579. The van der Waals surface area contributed by atoms with E-state index >= 15 is 0 Å². The predicted molar refractivity (Wildman–Crippen MR) is 137 cm³/mol. The molecule has 0 unspecified atom stereocenters. The smallest absolute Gasteiger partial charge is 0.231 e. The lowest BCUT2D eigenvalue weighted by Crippen LogP contribution is -2.47. The summed E-state index contributed by atoms with van der Waals surface area (Å²) in [7, 11) is 0. The molecule has 2 fully saturated rings. The van der Waals surface area contributed by atoms with Crippen LogP contribution in [0.5, 0.6) is 11.5 Å². The van der Waals surface area contributed by atoms with Crippen molar-refractivity contribution in [3.63, 3.8) is 0 Å². The summed E-state index contributed by atoms with van der Waals surface area (Å²) in [5.74, 6) is 5.81. The molecule has 3 aliphatic rings. The van der Waals surface area contributed by atoms with Gasteiger partial charge in [0.2, 0.25) is 6.79 Å². The molecular weight excluding hydrogens is 446 g/mol. The Kier molecular flexibility index (Phi) is 6.20. The minimum absolute atomic E-state index is 0.270. The molecule has 3 aromatic rings. The van der Waals surface area contributed by atoms with Gasteiger partial charge in [0.15, 0.2) is 11.5 Å². The Balaban J connectivity index is 1.21. The van der Waals surface area contributed by atoms with Crippen molar-refractivity contribution < 1.29 is 9.47 Å². The normalized spacial score (nSPS) is 19.6. The molecule has 3 aliphatic heterocycles. The Morgan fingerprint density at radius 1 is 1.00 bits per heavy atom. The van der Waals surface area contributed by atoms with E-state index in [1.807, 2.05) is 18.2 Å². The lowest BCUT2D eigenvalue weighted by Gasteiger charge is -2.39. The summed E-state index contributed by atoms with van der Waals surface area (Å²) in [4.78, 5) is 15.2. The van der Waals surface area contributed by atoms with Gasteiger partial charge in [-0.1, -0.05) is 12.1 Å². The van der Waals surface area contributed by atoms with E-state index in [4.69, 9.17) is 19.4 Å². The lowest BCUT2D eigenvalue weighted by atomic mass is 10.0. The highest BCUT2D eigenvalue weighted by Crippen LogP contribution is 2.36. The first-order valence-corrected chi connectivity index (χ1v) is 13.4. The molecule has 0 atom stereocenters. The summed E-state index contributed by atoms with van der Waals surface area (Å²) in [6.07, 6.45) is 2.47. The van der Waals surface area contributed by atoms with Crippen LogP contribution in [0.25, 0.3) is 10.9 Å². The van der Waals surface area contributed by atoms with Crippen LogP contribution in [0.2, 0.25) is 0 Å². The lowest BCUT2D eigenvalue weighted by molar-refractivity contribution is 0.111. The number of aryl methyl sites for hydroxylation is 1. The number of para-hydroxylation sites is 1. The topological polar surface area (TPSA) is 62.8 Å². The minimum atomic E-state index is 0.270. The first-order valence-electron chi connectivity index (χ1n) is 12.2. The van der Waals surface area contributed by atoms with Gasteiger partial charge in [-0.2, -0.15) is 11.8 Å². The zero-order chi connectivity index (χ0) is 22.9. The number of anilines is 2. The third kappa shape index (κ3) is 4.54. The molecule has 0 spiro atoms. The molecule has 2 aromatic carbocycles. The number of nitrogens with one attached hydrogen (secondary N) is 1. The van der Waals surface area contributed by atoms with Gasteiger partial charge in [-0.3, -0.25) is 9.80 Å². The standard InChI is InChI=1S/C26H31N5O2S/c1-18-3-2-4-21-25(18)28-24(16-30-9-7-20(8-10-30)31-11-13-34-14-12-31)29-26(21)27-19-5-6-22-23(15-19)33-17-32-22/h2-6,15,20H,7-14,16-17H2,1H3,(H,27,28,29). The summed E-state index contributed by atoms with van der Waals surface area (Å²) in [6, 6.07) is 12.9. The Morgan fingerprint density at radius 2 is 1.82 bits per heavy atom. The zero-order valence-corrected chi connectivity index (χ0v) is 20.4. The van der Waals surface area contributed by atoms with Crippen molar-refractivity contribution in [1.29, 1.82) is 0 Å². The maximum atomic E-state index is 5.55. The highest BCUT2D eigenvalue weighted by molar-refractivity contribution is 7.99. The van der Waals surface area contributed by atoms with E-state index in [-0.39, 0.29) is 6.79 Å². The molecule has 2 saturated heterocycles. The number of ether oxygens (including phenoxy) is 2. The van der Waals surface area contributed by atoms with Crippen LogP contribution in [0, 0.1) is 6.92 Å². The average Bonchev–Trinajstić information content (AvgIpc) is 3.34. The molecule has 0 bridgehead atoms. The van der Waals surface area contributed by atoms with Crippen molar-refractivity contribution in [2.24, 2.45) is 0 Å². The number of piperidine rings is 1. The van der Waals surface area contributed by atoms with Crippen LogP contribution in [0.1, 0.15) is 24.2 Å². The summed E-state index contributed by atoms with van der Waals surface area (Å²) in [6.45, 7) is 7.87. The molecule has 1 N–H and O–H groups in total. The van der Waals surface area contributed by atoms with Crippen LogP contribution in [-0.4, -0.2) is 70.3 Å². The van der Waals surface area contributed by atoms with Crippen LogP contribution >= 0.6 is 11.8 Å². The second-order valence-electron chi connectivity index (χ2n) is 9.31. The number of rotatable bonds is 5. The third-order valence-corrected chi connectivity index (χ3v) is 8.04. The molecule has 1 aromatic heterocycles.